The fourth-order valence-electron chi connectivity index (χ4n) is 1.91. The monoisotopic (exact) mass is 275 g/mol. The quantitative estimate of drug-likeness (QED) is 0.918. The van der Waals surface area contributed by atoms with Crippen LogP contribution in [-0.2, 0) is 11.3 Å². The van der Waals surface area contributed by atoms with Crippen LogP contribution in [0.3, 0.4) is 0 Å². The van der Waals surface area contributed by atoms with Crippen molar-refractivity contribution in [2.75, 3.05) is 19.8 Å². The number of benzene rings is 1. The highest BCUT2D eigenvalue weighted by Crippen LogP contribution is 2.21. The molecule has 0 atom stereocenters. The molecule has 2 N–H and O–H groups in total. The van der Waals surface area contributed by atoms with Crippen LogP contribution in [0.5, 0.6) is 5.75 Å². The first-order chi connectivity index (χ1) is 8.29. The van der Waals surface area contributed by atoms with Crippen LogP contribution in [0.15, 0.2) is 18.2 Å². The van der Waals surface area contributed by atoms with Crippen LogP contribution >= 0.6 is 12.4 Å². The van der Waals surface area contributed by atoms with Crippen molar-refractivity contribution in [2.24, 2.45) is 11.7 Å². The van der Waals surface area contributed by atoms with Crippen LogP contribution in [-0.4, -0.2) is 19.8 Å². The van der Waals surface area contributed by atoms with Gasteiger partial charge in [-0.2, -0.15) is 0 Å². The van der Waals surface area contributed by atoms with Crippen molar-refractivity contribution in [3.05, 3.63) is 29.6 Å². The van der Waals surface area contributed by atoms with E-state index in [-0.39, 0.29) is 18.2 Å². The van der Waals surface area contributed by atoms with Crippen molar-refractivity contribution < 1.29 is 13.9 Å². The predicted molar refractivity (Wildman–Crippen MR) is 70.6 cm³/mol. The summed E-state index contributed by atoms with van der Waals surface area (Å²) in [5.41, 5.74) is 6.22. The molecule has 0 aliphatic carbocycles. The first-order valence-corrected chi connectivity index (χ1v) is 5.98. The molecule has 0 bridgehead atoms. The lowest BCUT2D eigenvalue weighted by Gasteiger charge is -2.22. The fraction of sp³-hybridized carbons (Fsp3) is 0.538. The van der Waals surface area contributed by atoms with Crippen LogP contribution in [0.1, 0.15) is 18.4 Å². The van der Waals surface area contributed by atoms with E-state index in [0.717, 1.165) is 31.6 Å². The van der Waals surface area contributed by atoms with Crippen molar-refractivity contribution in [3.63, 3.8) is 0 Å². The smallest absolute Gasteiger partial charge is 0.165 e. The van der Waals surface area contributed by atoms with Gasteiger partial charge in [-0.1, -0.05) is 6.07 Å². The zero-order chi connectivity index (χ0) is 12.1. The first kappa shape index (κ1) is 15.2. The molecule has 1 aliphatic rings. The SMILES string of the molecule is Cl.NCc1ccc(OCC2CCOCC2)c(F)c1. The lowest BCUT2D eigenvalue weighted by molar-refractivity contribution is 0.0491. The Morgan fingerprint density at radius 3 is 2.67 bits per heavy atom. The second-order valence-electron chi connectivity index (χ2n) is 4.34. The van der Waals surface area contributed by atoms with Gasteiger partial charge in [0.15, 0.2) is 11.6 Å². The molecular weight excluding hydrogens is 257 g/mol. The largest absolute Gasteiger partial charge is 0.490 e. The summed E-state index contributed by atoms with van der Waals surface area (Å²) in [6, 6.07) is 4.87. The lowest BCUT2D eigenvalue weighted by Crippen LogP contribution is -2.21. The molecule has 1 heterocycles. The molecule has 5 heteroatoms. The minimum absolute atomic E-state index is 0. The number of hydrogen-bond acceptors (Lipinski definition) is 3. The van der Waals surface area contributed by atoms with Gasteiger partial charge in [0.1, 0.15) is 0 Å². The van der Waals surface area contributed by atoms with Gasteiger partial charge in [-0.05, 0) is 36.5 Å². The van der Waals surface area contributed by atoms with Crippen LogP contribution < -0.4 is 10.5 Å². The minimum Gasteiger partial charge on any atom is -0.490 e. The Morgan fingerprint density at radius 2 is 2.06 bits per heavy atom. The first-order valence-electron chi connectivity index (χ1n) is 5.98. The number of rotatable bonds is 4. The summed E-state index contributed by atoms with van der Waals surface area (Å²) >= 11 is 0. The molecule has 0 amide bonds. The van der Waals surface area contributed by atoms with E-state index in [1.807, 2.05) is 0 Å². The predicted octanol–water partition coefficient (Wildman–Crippen LogP) is 2.51. The Kier molecular flexibility index (Phi) is 6.39. The fourth-order valence-corrected chi connectivity index (χ4v) is 1.91. The Bertz CT molecular complexity index is 370. The number of ether oxygens (including phenoxy) is 2. The van der Waals surface area contributed by atoms with E-state index in [1.165, 1.54) is 6.07 Å². The minimum atomic E-state index is -0.333. The van der Waals surface area contributed by atoms with Gasteiger partial charge < -0.3 is 15.2 Å². The summed E-state index contributed by atoms with van der Waals surface area (Å²) < 4.78 is 24.4. The average molecular weight is 276 g/mol. The molecule has 0 saturated carbocycles. The molecule has 2 rings (SSSR count). The van der Waals surface area contributed by atoms with Crippen LogP contribution in [0.2, 0.25) is 0 Å². The van der Waals surface area contributed by atoms with Crippen molar-refractivity contribution in [2.45, 2.75) is 19.4 Å². The van der Waals surface area contributed by atoms with Crippen molar-refractivity contribution >= 4 is 12.4 Å². The number of hydrogen-bond donors (Lipinski definition) is 1. The molecule has 0 radical (unpaired) electrons. The molecule has 1 aromatic carbocycles. The highest BCUT2D eigenvalue weighted by Gasteiger charge is 2.15. The Morgan fingerprint density at radius 1 is 1.33 bits per heavy atom. The summed E-state index contributed by atoms with van der Waals surface area (Å²) in [4.78, 5) is 0. The van der Waals surface area contributed by atoms with E-state index >= 15 is 0 Å². The second kappa shape index (κ2) is 7.56. The molecule has 0 unspecified atom stereocenters. The molecule has 1 saturated heterocycles. The Balaban J connectivity index is 0.00000162. The van der Waals surface area contributed by atoms with Crippen molar-refractivity contribution in [3.8, 4) is 5.75 Å². The van der Waals surface area contributed by atoms with Gasteiger partial charge in [0.05, 0.1) is 6.61 Å². The van der Waals surface area contributed by atoms with Gasteiger partial charge in [0.25, 0.3) is 0 Å². The van der Waals surface area contributed by atoms with E-state index in [2.05, 4.69) is 0 Å². The van der Waals surface area contributed by atoms with E-state index in [0.29, 0.717) is 24.8 Å². The third kappa shape index (κ3) is 4.12. The number of halogens is 2. The van der Waals surface area contributed by atoms with Crippen LogP contribution in [0.25, 0.3) is 0 Å². The summed E-state index contributed by atoms with van der Waals surface area (Å²) in [6.07, 6.45) is 1.98. The molecular formula is C13H19ClFNO2. The van der Waals surface area contributed by atoms with Crippen molar-refractivity contribution in [1.82, 2.24) is 0 Å². The summed E-state index contributed by atoms with van der Waals surface area (Å²) in [7, 11) is 0. The highest BCUT2D eigenvalue weighted by molar-refractivity contribution is 5.85. The van der Waals surface area contributed by atoms with Gasteiger partial charge in [-0.3, -0.25) is 0 Å². The Labute approximate surface area is 113 Å². The van der Waals surface area contributed by atoms with Gasteiger partial charge in [-0.25, -0.2) is 4.39 Å². The van der Waals surface area contributed by atoms with Gasteiger partial charge in [0.2, 0.25) is 0 Å². The Hall–Kier alpha value is -0.840. The van der Waals surface area contributed by atoms with E-state index in [4.69, 9.17) is 15.2 Å². The standard InChI is InChI=1S/C13H18FNO2.ClH/c14-12-7-11(8-15)1-2-13(12)17-9-10-3-5-16-6-4-10;/h1-2,7,10H,3-6,8-9,15H2;1H. The normalized spacial score (nSPS) is 16.1. The molecule has 1 aromatic rings. The molecule has 1 aliphatic heterocycles. The zero-order valence-corrected chi connectivity index (χ0v) is 11.0. The third-order valence-electron chi connectivity index (χ3n) is 3.05. The molecule has 102 valence electrons. The lowest BCUT2D eigenvalue weighted by atomic mass is 10.0. The molecule has 3 nitrogen and oxygen atoms in total. The second-order valence-corrected chi connectivity index (χ2v) is 4.34. The van der Waals surface area contributed by atoms with Crippen molar-refractivity contribution in [1.29, 1.82) is 0 Å². The van der Waals surface area contributed by atoms with Gasteiger partial charge >= 0.3 is 0 Å². The molecule has 1 fully saturated rings. The highest BCUT2D eigenvalue weighted by atomic mass is 35.5. The van der Waals surface area contributed by atoms with E-state index in [1.54, 1.807) is 12.1 Å². The molecule has 0 spiro atoms. The van der Waals surface area contributed by atoms with Crippen LogP contribution in [0, 0.1) is 11.7 Å². The maximum atomic E-state index is 13.6. The maximum Gasteiger partial charge on any atom is 0.165 e. The van der Waals surface area contributed by atoms with E-state index in [9.17, 15) is 4.39 Å². The molecule has 18 heavy (non-hydrogen) atoms. The van der Waals surface area contributed by atoms with Gasteiger partial charge in [0, 0.05) is 19.8 Å². The zero-order valence-electron chi connectivity index (χ0n) is 10.2. The number of nitrogens with two attached hydrogens (primary N) is 1. The third-order valence-corrected chi connectivity index (χ3v) is 3.05. The summed E-state index contributed by atoms with van der Waals surface area (Å²) in [5, 5.41) is 0. The topological polar surface area (TPSA) is 44.5 Å². The summed E-state index contributed by atoms with van der Waals surface area (Å²) in [5.74, 6) is 0.450. The maximum absolute atomic E-state index is 13.6. The van der Waals surface area contributed by atoms with Gasteiger partial charge in [-0.15, -0.1) is 12.4 Å². The van der Waals surface area contributed by atoms with Crippen LogP contribution in [0.4, 0.5) is 4.39 Å². The average Bonchev–Trinajstić information content (AvgIpc) is 2.38. The molecule has 0 aromatic heterocycles. The summed E-state index contributed by atoms with van der Waals surface area (Å²) in [6.45, 7) is 2.46. The van der Waals surface area contributed by atoms with E-state index < -0.39 is 0 Å².